The van der Waals surface area contributed by atoms with Gasteiger partial charge in [-0.25, -0.2) is 4.79 Å². The molecule has 0 aromatic heterocycles. The maximum absolute atomic E-state index is 10.6. The smallest absolute Gasteiger partial charge is 0.332 e. The third-order valence-electron chi connectivity index (χ3n) is 1.80. The van der Waals surface area contributed by atoms with Crippen LogP contribution in [0.1, 0.15) is 26.2 Å². The molecule has 0 rings (SSSR count). The van der Waals surface area contributed by atoms with Crippen molar-refractivity contribution in [3.05, 3.63) is 0 Å². The lowest BCUT2D eigenvalue weighted by Gasteiger charge is -2.08. The quantitative estimate of drug-likeness (QED) is 0.524. The standard InChI is InChI=1S/C8H15NO4/c1-5(10)6(9)3-2-4-7(11)8(12)13/h6-7,11H,2-4,9H2,1H3,(H,12,13). The average Bonchev–Trinajstić information content (AvgIpc) is 2.03. The zero-order valence-corrected chi connectivity index (χ0v) is 7.56. The van der Waals surface area contributed by atoms with Gasteiger partial charge in [-0.3, -0.25) is 4.79 Å². The molecule has 13 heavy (non-hydrogen) atoms. The Morgan fingerprint density at radius 3 is 2.31 bits per heavy atom. The third kappa shape index (κ3) is 5.32. The summed E-state index contributed by atoms with van der Waals surface area (Å²) in [6, 6.07) is -0.541. The van der Waals surface area contributed by atoms with E-state index >= 15 is 0 Å². The Bertz CT molecular complexity index is 173. The fraction of sp³-hybridized carbons (Fsp3) is 0.750. The largest absolute Gasteiger partial charge is 0.479 e. The fourth-order valence-corrected chi connectivity index (χ4v) is 0.858. The summed E-state index contributed by atoms with van der Waals surface area (Å²) in [5, 5.41) is 17.2. The van der Waals surface area contributed by atoms with Crippen LogP contribution in [0.5, 0.6) is 0 Å². The molecule has 0 aliphatic carbocycles. The van der Waals surface area contributed by atoms with Crippen molar-refractivity contribution in [3.63, 3.8) is 0 Å². The number of Topliss-reactive ketones (excluding diaryl/α,β-unsaturated/α-hetero) is 1. The summed E-state index contributed by atoms with van der Waals surface area (Å²) in [6.07, 6.45) is -0.358. The lowest BCUT2D eigenvalue weighted by Crippen LogP contribution is -2.28. The van der Waals surface area contributed by atoms with Gasteiger partial charge >= 0.3 is 5.97 Å². The Kier molecular flexibility index (Phi) is 5.25. The number of hydrogen-bond acceptors (Lipinski definition) is 4. The Morgan fingerprint density at radius 1 is 1.38 bits per heavy atom. The van der Waals surface area contributed by atoms with E-state index in [9.17, 15) is 9.59 Å². The maximum atomic E-state index is 10.6. The summed E-state index contributed by atoms with van der Waals surface area (Å²) >= 11 is 0. The van der Waals surface area contributed by atoms with Crippen LogP contribution < -0.4 is 5.73 Å². The molecule has 0 aromatic carbocycles. The van der Waals surface area contributed by atoms with Gasteiger partial charge in [0.2, 0.25) is 0 Å². The van der Waals surface area contributed by atoms with E-state index in [0.29, 0.717) is 12.8 Å². The highest BCUT2D eigenvalue weighted by atomic mass is 16.4. The number of nitrogens with two attached hydrogens (primary N) is 1. The molecule has 76 valence electrons. The predicted octanol–water partition coefficient (Wildman–Crippen LogP) is -0.482. The molecular weight excluding hydrogens is 174 g/mol. The van der Waals surface area contributed by atoms with Crippen LogP contribution in [0.4, 0.5) is 0 Å². The van der Waals surface area contributed by atoms with Gasteiger partial charge in [0.25, 0.3) is 0 Å². The van der Waals surface area contributed by atoms with E-state index in [-0.39, 0.29) is 12.2 Å². The molecule has 0 radical (unpaired) electrons. The van der Waals surface area contributed by atoms with Crippen molar-refractivity contribution in [3.8, 4) is 0 Å². The van der Waals surface area contributed by atoms with Crippen LogP contribution >= 0.6 is 0 Å². The molecule has 0 saturated heterocycles. The van der Waals surface area contributed by atoms with Gasteiger partial charge < -0.3 is 15.9 Å². The average molecular weight is 189 g/mol. The molecule has 0 fully saturated rings. The summed E-state index contributed by atoms with van der Waals surface area (Å²) in [5.74, 6) is -1.36. The first-order valence-corrected chi connectivity index (χ1v) is 4.12. The number of aliphatic carboxylic acids is 1. The first kappa shape index (κ1) is 12.1. The number of carbonyl (C=O) groups excluding carboxylic acids is 1. The number of carboxylic acids is 1. The van der Waals surface area contributed by atoms with E-state index in [1.165, 1.54) is 6.92 Å². The van der Waals surface area contributed by atoms with Crippen molar-refractivity contribution in [1.29, 1.82) is 0 Å². The van der Waals surface area contributed by atoms with Crippen LogP contribution in [-0.2, 0) is 9.59 Å². The monoisotopic (exact) mass is 189 g/mol. The van der Waals surface area contributed by atoms with Crippen molar-refractivity contribution in [1.82, 2.24) is 0 Å². The second-order valence-electron chi connectivity index (χ2n) is 3.00. The first-order chi connectivity index (χ1) is 5.95. The van der Waals surface area contributed by atoms with Crippen LogP contribution in [0.25, 0.3) is 0 Å². The highest BCUT2D eigenvalue weighted by Gasteiger charge is 2.14. The number of hydrogen-bond donors (Lipinski definition) is 3. The molecule has 5 heteroatoms. The van der Waals surface area contributed by atoms with Gasteiger partial charge in [-0.05, 0) is 26.2 Å². The molecule has 5 nitrogen and oxygen atoms in total. The second-order valence-corrected chi connectivity index (χ2v) is 3.00. The molecule has 0 saturated carbocycles. The van der Waals surface area contributed by atoms with Crippen molar-refractivity contribution in [2.24, 2.45) is 5.73 Å². The zero-order chi connectivity index (χ0) is 10.4. The van der Waals surface area contributed by atoms with Crippen molar-refractivity contribution < 1.29 is 19.8 Å². The molecule has 0 bridgehead atoms. The predicted molar refractivity (Wildman–Crippen MR) is 46.2 cm³/mol. The Balaban J connectivity index is 3.56. The molecular formula is C8H15NO4. The lowest BCUT2D eigenvalue weighted by atomic mass is 10.1. The van der Waals surface area contributed by atoms with Gasteiger partial charge in [0.05, 0.1) is 6.04 Å². The number of carboxylic acid groups (broad SMARTS) is 1. The van der Waals surface area contributed by atoms with Gasteiger partial charge in [-0.2, -0.15) is 0 Å². The zero-order valence-electron chi connectivity index (χ0n) is 7.56. The molecule has 0 spiro atoms. The molecule has 0 aliphatic heterocycles. The minimum atomic E-state index is -1.35. The van der Waals surface area contributed by atoms with E-state index in [0.717, 1.165) is 0 Å². The SMILES string of the molecule is CC(=O)C(N)CCCC(O)C(=O)O. The lowest BCUT2D eigenvalue weighted by molar-refractivity contribution is -0.146. The molecule has 2 unspecified atom stereocenters. The fourth-order valence-electron chi connectivity index (χ4n) is 0.858. The van der Waals surface area contributed by atoms with Crippen LogP contribution in [-0.4, -0.2) is 34.1 Å². The summed E-state index contributed by atoms with van der Waals surface area (Å²) in [4.78, 5) is 20.8. The van der Waals surface area contributed by atoms with Crippen LogP contribution in [0.2, 0.25) is 0 Å². The second kappa shape index (κ2) is 5.66. The van der Waals surface area contributed by atoms with Gasteiger partial charge in [-0.15, -0.1) is 0 Å². The Labute approximate surface area is 76.5 Å². The summed E-state index contributed by atoms with van der Waals surface area (Å²) in [6.45, 7) is 1.39. The molecule has 0 heterocycles. The number of aliphatic hydroxyl groups excluding tert-OH is 1. The number of rotatable bonds is 6. The number of carbonyl (C=O) groups is 2. The van der Waals surface area contributed by atoms with E-state index in [4.69, 9.17) is 15.9 Å². The summed E-state index contributed by atoms with van der Waals surface area (Å²) < 4.78 is 0. The highest BCUT2D eigenvalue weighted by Crippen LogP contribution is 2.03. The Hall–Kier alpha value is -0.940. The summed E-state index contributed by atoms with van der Waals surface area (Å²) in [7, 11) is 0. The van der Waals surface area contributed by atoms with E-state index in [1.54, 1.807) is 0 Å². The summed E-state index contributed by atoms with van der Waals surface area (Å²) in [5.41, 5.74) is 5.40. The van der Waals surface area contributed by atoms with E-state index in [1.807, 2.05) is 0 Å². The molecule has 0 aromatic rings. The maximum Gasteiger partial charge on any atom is 0.332 e. The van der Waals surface area contributed by atoms with Crippen molar-refractivity contribution >= 4 is 11.8 Å². The van der Waals surface area contributed by atoms with Crippen LogP contribution in [0.3, 0.4) is 0 Å². The van der Waals surface area contributed by atoms with Crippen molar-refractivity contribution in [2.45, 2.75) is 38.3 Å². The van der Waals surface area contributed by atoms with E-state index in [2.05, 4.69) is 0 Å². The van der Waals surface area contributed by atoms with Gasteiger partial charge in [-0.1, -0.05) is 0 Å². The minimum absolute atomic E-state index is 0.121. The van der Waals surface area contributed by atoms with Gasteiger partial charge in [0, 0.05) is 0 Å². The first-order valence-electron chi connectivity index (χ1n) is 4.12. The number of aliphatic hydroxyl groups is 1. The minimum Gasteiger partial charge on any atom is -0.479 e. The molecule has 2 atom stereocenters. The Morgan fingerprint density at radius 2 is 1.92 bits per heavy atom. The third-order valence-corrected chi connectivity index (χ3v) is 1.80. The topological polar surface area (TPSA) is 101 Å². The van der Waals surface area contributed by atoms with Crippen LogP contribution in [0, 0.1) is 0 Å². The molecule has 0 amide bonds. The normalized spacial score (nSPS) is 15.0. The van der Waals surface area contributed by atoms with Crippen molar-refractivity contribution in [2.75, 3.05) is 0 Å². The van der Waals surface area contributed by atoms with Gasteiger partial charge in [0.15, 0.2) is 6.10 Å². The molecule has 0 aliphatic rings. The molecule has 4 N–H and O–H groups in total. The van der Waals surface area contributed by atoms with E-state index < -0.39 is 18.1 Å². The van der Waals surface area contributed by atoms with Gasteiger partial charge in [0.1, 0.15) is 5.78 Å². The highest BCUT2D eigenvalue weighted by molar-refractivity contribution is 5.81. The number of ketones is 1. The van der Waals surface area contributed by atoms with Crippen LogP contribution in [0.15, 0.2) is 0 Å².